The lowest BCUT2D eigenvalue weighted by Gasteiger charge is -2.23. The summed E-state index contributed by atoms with van der Waals surface area (Å²) < 4.78 is 27.7. The van der Waals surface area contributed by atoms with Crippen molar-refractivity contribution in [1.82, 2.24) is 4.31 Å². The molecule has 0 aromatic heterocycles. The SMILES string of the molecule is C=C(C)C(=C)CN(CC/C=C/c1ccc(Cl)cc1)S(=O)(=O)c1ccc(C)cc1. The van der Waals surface area contributed by atoms with Crippen molar-refractivity contribution in [2.45, 2.75) is 25.2 Å². The zero-order chi connectivity index (χ0) is 20.7. The van der Waals surface area contributed by atoms with E-state index in [0.29, 0.717) is 23.6 Å². The van der Waals surface area contributed by atoms with Crippen LogP contribution in [0.2, 0.25) is 5.02 Å². The first-order valence-corrected chi connectivity index (χ1v) is 10.8. The summed E-state index contributed by atoms with van der Waals surface area (Å²) in [4.78, 5) is 0.286. The van der Waals surface area contributed by atoms with E-state index in [1.54, 1.807) is 24.3 Å². The van der Waals surface area contributed by atoms with Crippen LogP contribution in [0.15, 0.2) is 83.8 Å². The van der Waals surface area contributed by atoms with Crippen molar-refractivity contribution in [1.29, 1.82) is 0 Å². The zero-order valence-electron chi connectivity index (χ0n) is 16.4. The van der Waals surface area contributed by atoms with E-state index >= 15 is 0 Å². The Morgan fingerprint density at radius 3 is 2.25 bits per heavy atom. The van der Waals surface area contributed by atoms with Crippen LogP contribution in [-0.2, 0) is 10.0 Å². The molecule has 2 aromatic carbocycles. The Morgan fingerprint density at radius 2 is 1.68 bits per heavy atom. The Bertz CT molecular complexity index is 959. The Hall–Kier alpha value is -2.14. The molecule has 0 aliphatic heterocycles. The van der Waals surface area contributed by atoms with Crippen LogP contribution in [0.3, 0.4) is 0 Å². The van der Waals surface area contributed by atoms with Crippen molar-refractivity contribution in [3.05, 3.63) is 95.1 Å². The van der Waals surface area contributed by atoms with Crippen LogP contribution in [0.5, 0.6) is 0 Å². The van der Waals surface area contributed by atoms with Crippen LogP contribution in [-0.4, -0.2) is 25.8 Å². The van der Waals surface area contributed by atoms with E-state index in [-0.39, 0.29) is 11.4 Å². The van der Waals surface area contributed by atoms with Crippen molar-refractivity contribution in [2.75, 3.05) is 13.1 Å². The van der Waals surface area contributed by atoms with Gasteiger partial charge in [-0.3, -0.25) is 0 Å². The minimum Gasteiger partial charge on any atom is -0.207 e. The van der Waals surface area contributed by atoms with Crippen LogP contribution in [0.25, 0.3) is 6.08 Å². The average molecular weight is 416 g/mol. The molecule has 5 heteroatoms. The largest absolute Gasteiger partial charge is 0.243 e. The molecule has 0 heterocycles. The van der Waals surface area contributed by atoms with E-state index in [9.17, 15) is 8.42 Å². The highest BCUT2D eigenvalue weighted by Crippen LogP contribution is 2.20. The molecule has 0 bridgehead atoms. The smallest absolute Gasteiger partial charge is 0.207 e. The third-order valence-electron chi connectivity index (χ3n) is 4.36. The topological polar surface area (TPSA) is 37.4 Å². The van der Waals surface area contributed by atoms with Crippen LogP contribution < -0.4 is 0 Å². The maximum atomic E-state index is 13.1. The number of rotatable bonds is 9. The molecule has 0 aliphatic carbocycles. The first-order valence-electron chi connectivity index (χ1n) is 9.03. The average Bonchev–Trinajstić information content (AvgIpc) is 2.65. The molecule has 0 unspecified atom stereocenters. The molecule has 0 N–H and O–H groups in total. The van der Waals surface area contributed by atoms with E-state index in [1.807, 2.05) is 50.3 Å². The molecule has 2 rings (SSSR count). The lowest BCUT2D eigenvalue weighted by molar-refractivity contribution is 0.442. The van der Waals surface area contributed by atoms with Gasteiger partial charge in [-0.1, -0.05) is 72.3 Å². The van der Waals surface area contributed by atoms with Gasteiger partial charge in [0, 0.05) is 18.1 Å². The van der Waals surface area contributed by atoms with Gasteiger partial charge in [0.1, 0.15) is 0 Å². The van der Waals surface area contributed by atoms with E-state index in [0.717, 1.165) is 16.7 Å². The summed E-state index contributed by atoms with van der Waals surface area (Å²) in [6, 6.07) is 14.4. The predicted octanol–water partition coefficient (Wildman–Crippen LogP) is 5.87. The van der Waals surface area contributed by atoms with E-state index < -0.39 is 10.0 Å². The third-order valence-corrected chi connectivity index (χ3v) is 6.47. The molecule has 28 heavy (non-hydrogen) atoms. The van der Waals surface area contributed by atoms with E-state index in [2.05, 4.69) is 13.2 Å². The second-order valence-corrected chi connectivity index (χ2v) is 9.15. The molecule has 148 valence electrons. The third kappa shape index (κ3) is 6.20. The molecule has 2 aromatic rings. The van der Waals surface area contributed by atoms with Gasteiger partial charge >= 0.3 is 0 Å². The number of hydrogen-bond acceptors (Lipinski definition) is 2. The summed E-state index contributed by atoms with van der Waals surface area (Å²) >= 11 is 5.89. The maximum Gasteiger partial charge on any atom is 0.243 e. The number of benzene rings is 2. The van der Waals surface area contributed by atoms with Gasteiger partial charge in [0.15, 0.2) is 0 Å². The van der Waals surface area contributed by atoms with Crippen molar-refractivity contribution < 1.29 is 8.42 Å². The fraction of sp³-hybridized carbons (Fsp3) is 0.217. The normalized spacial score (nSPS) is 11.9. The van der Waals surface area contributed by atoms with Crippen molar-refractivity contribution in [3.8, 4) is 0 Å². The molecule has 0 aliphatic rings. The van der Waals surface area contributed by atoms with Crippen LogP contribution >= 0.6 is 11.6 Å². The molecule has 0 saturated carbocycles. The van der Waals surface area contributed by atoms with Gasteiger partial charge in [-0.25, -0.2) is 8.42 Å². The number of aryl methyl sites for hydroxylation is 1. The second kappa shape index (κ2) is 9.87. The van der Waals surface area contributed by atoms with Crippen LogP contribution in [0, 0.1) is 6.92 Å². The molecular formula is C23H26ClNO2S. The number of hydrogen-bond donors (Lipinski definition) is 0. The Kier molecular flexibility index (Phi) is 7.81. The summed E-state index contributed by atoms with van der Waals surface area (Å²) in [6.07, 6.45) is 4.50. The molecular weight excluding hydrogens is 390 g/mol. The lowest BCUT2D eigenvalue weighted by Crippen LogP contribution is -2.33. The molecule has 0 amide bonds. The highest BCUT2D eigenvalue weighted by molar-refractivity contribution is 7.89. The summed E-state index contributed by atoms with van der Waals surface area (Å²) in [6.45, 7) is 12.2. The van der Waals surface area contributed by atoms with Gasteiger partial charge < -0.3 is 0 Å². The number of halogens is 1. The minimum atomic E-state index is -3.62. The monoisotopic (exact) mass is 415 g/mol. The van der Waals surface area contributed by atoms with Crippen molar-refractivity contribution in [2.24, 2.45) is 0 Å². The van der Waals surface area contributed by atoms with E-state index in [4.69, 9.17) is 11.6 Å². The van der Waals surface area contributed by atoms with Gasteiger partial charge in [0.25, 0.3) is 0 Å². The molecule has 0 atom stereocenters. The highest BCUT2D eigenvalue weighted by atomic mass is 35.5. The molecule has 0 radical (unpaired) electrons. The van der Waals surface area contributed by atoms with Crippen LogP contribution in [0.1, 0.15) is 24.5 Å². The molecule has 0 spiro atoms. The Labute approximate surface area is 173 Å². The fourth-order valence-corrected chi connectivity index (χ4v) is 4.08. The van der Waals surface area contributed by atoms with Gasteiger partial charge in [0.05, 0.1) is 4.90 Å². The van der Waals surface area contributed by atoms with Crippen molar-refractivity contribution in [3.63, 3.8) is 0 Å². The van der Waals surface area contributed by atoms with Gasteiger partial charge in [-0.2, -0.15) is 4.31 Å². The number of nitrogens with zero attached hydrogens (tertiary/aromatic N) is 1. The predicted molar refractivity (Wildman–Crippen MR) is 119 cm³/mol. The summed E-state index contributed by atoms with van der Waals surface area (Å²) in [5, 5.41) is 0.686. The van der Waals surface area contributed by atoms with E-state index in [1.165, 1.54) is 4.31 Å². The van der Waals surface area contributed by atoms with Crippen molar-refractivity contribution >= 4 is 27.7 Å². The zero-order valence-corrected chi connectivity index (χ0v) is 17.9. The summed E-state index contributed by atoms with van der Waals surface area (Å²) in [5.41, 5.74) is 3.52. The van der Waals surface area contributed by atoms with Crippen LogP contribution in [0.4, 0.5) is 0 Å². The fourth-order valence-electron chi connectivity index (χ4n) is 2.50. The molecule has 3 nitrogen and oxygen atoms in total. The van der Waals surface area contributed by atoms with Gasteiger partial charge in [0.2, 0.25) is 10.0 Å². The standard InChI is InChI=1S/C23H26ClNO2S/c1-18(2)20(4)17-25(28(26,27)23-14-8-19(3)9-15-23)16-6-5-7-21-10-12-22(24)13-11-21/h5,7-15H,1,4,6,16-17H2,2-3H3/b7-5+. The van der Waals surface area contributed by atoms with Gasteiger partial charge in [-0.15, -0.1) is 0 Å². The quantitative estimate of drug-likeness (QED) is 0.480. The van der Waals surface area contributed by atoms with Gasteiger partial charge in [-0.05, 0) is 55.7 Å². The lowest BCUT2D eigenvalue weighted by atomic mass is 10.1. The molecule has 0 saturated heterocycles. The maximum absolute atomic E-state index is 13.1. The number of sulfonamides is 1. The second-order valence-electron chi connectivity index (χ2n) is 6.78. The first-order chi connectivity index (χ1) is 13.2. The summed E-state index contributed by atoms with van der Waals surface area (Å²) in [5.74, 6) is 0. The summed E-state index contributed by atoms with van der Waals surface area (Å²) in [7, 11) is -3.62. The highest BCUT2D eigenvalue weighted by Gasteiger charge is 2.24. The Balaban J connectivity index is 2.16. The Morgan fingerprint density at radius 1 is 1.07 bits per heavy atom. The minimum absolute atomic E-state index is 0.223. The first kappa shape index (κ1) is 22.2. The molecule has 0 fully saturated rings.